The van der Waals surface area contributed by atoms with Crippen molar-refractivity contribution in [3.05, 3.63) is 12.2 Å². The zero-order valence-corrected chi connectivity index (χ0v) is 21.3. The molecule has 0 radical (unpaired) electrons. The molecule has 0 heterocycles. The molecule has 0 atom stereocenters. The Labute approximate surface area is 190 Å². The van der Waals surface area contributed by atoms with Crippen LogP contribution in [0.25, 0.3) is 0 Å². The second-order valence-corrected chi connectivity index (χ2v) is 8.88. The van der Waals surface area contributed by atoms with Crippen molar-refractivity contribution in [1.82, 2.24) is 5.32 Å². The van der Waals surface area contributed by atoms with Gasteiger partial charge < -0.3 is 5.32 Å². The standard InChI is InChI=1S/C24H49N.C3H7Cl/c1-3-4-5-6-7-8-9-10-11-12-13-14-15-16-17-18-19-20-21-22-23-24-25-2;1-2-3-4/h11-12,25H,3-10,13-24H2,1-2H3;2-3H2,1H3/b12-11-;. The first-order valence-corrected chi connectivity index (χ1v) is 13.7. The molecule has 0 unspecified atom stereocenters. The van der Waals surface area contributed by atoms with E-state index in [1.165, 1.54) is 129 Å². The lowest BCUT2D eigenvalue weighted by Crippen LogP contribution is -2.06. The van der Waals surface area contributed by atoms with Crippen molar-refractivity contribution in [3.63, 3.8) is 0 Å². The number of nitrogens with one attached hydrogen (secondary N) is 1. The van der Waals surface area contributed by atoms with Crippen LogP contribution in [0.5, 0.6) is 0 Å². The van der Waals surface area contributed by atoms with Crippen molar-refractivity contribution >= 4 is 11.6 Å². The molecule has 0 bridgehead atoms. The van der Waals surface area contributed by atoms with Gasteiger partial charge in [-0.2, -0.15) is 0 Å². The van der Waals surface area contributed by atoms with E-state index in [9.17, 15) is 0 Å². The highest BCUT2D eigenvalue weighted by atomic mass is 35.5. The number of allylic oxidation sites excluding steroid dienone is 2. The van der Waals surface area contributed by atoms with Crippen molar-refractivity contribution in [2.45, 2.75) is 142 Å². The van der Waals surface area contributed by atoms with E-state index in [1.807, 2.05) is 14.0 Å². The van der Waals surface area contributed by atoms with Gasteiger partial charge in [0.2, 0.25) is 0 Å². The molecule has 0 saturated carbocycles. The van der Waals surface area contributed by atoms with E-state index in [4.69, 9.17) is 11.6 Å². The van der Waals surface area contributed by atoms with E-state index < -0.39 is 0 Å². The van der Waals surface area contributed by atoms with E-state index in [-0.39, 0.29) is 0 Å². The monoisotopic (exact) mass is 429 g/mol. The van der Waals surface area contributed by atoms with Gasteiger partial charge in [0.25, 0.3) is 0 Å². The van der Waals surface area contributed by atoms with E-state index in [2.05, 4.69) is 24.4 Å². The topological polar surface area (TPSA) is 12.0 Å². The summed E-state index contributed by atoms with van der Waals surface area (Å²) in [5.74, 6) is 0.792. The first-order valence-electron chi connectivity index (χ1n) is 13.2. The first kappa shape index (κ1) is 31.2. The average molecular weight is 430 g/mol. The Hall–Kier alpha value is -0.0100. The number of hydrogen-bond acceptors (Lipinski definition) is 1. The van der Waals surface area contributed by atoms with Gasteiger partial charge in [-0.15, -0.1) is 11.6 Å². The zero-order chi connectivity index (χ0) is 21.7. The highest BCUT2D eigenvalue weighted by Crippen LogP contribution is 2.12. The van der Waals surface area contributed by atoms with Crippen LogP contribution in [0.1, 0.15) is 142 Å². The number of rotatable bonds is 22. The average Bonchev–Trinajstić information content (AvgIpc) is 2.75. The van der Waals surface area contributed by atoms with Crippen LogP contribution in [-0.2, 0) is 0 Å². The van der Waals surface area contributed by atoms with Crippen LogP contribution < -0.4 is 5.32 Å². The molecule has 2 heteroatoms. The van der Waals surface area contributed by atoms with Gasteiger partial charge in [-0.25, -0.2) is 0 Å². The van der Waals surface area contributed by atoms with Crippen LogP contribution >= 0.6 is 11.6 Å². The summed E-state index contributed by atoms with van der Waals surface area (Å²) in [4.78, 5) is 0. The maximum Gasteiger partial charge on any atom is 0.0220 e. The van der Waals surface area contributed by atoms with Crippen LogP contribution in [0.3, 0.4) is 0 Å². The lowest BCUT2D eigenvalue weighted by Gasteiger charge is -2.02. The number of halogens is 1. The highest BCUT2D eigenvalue weighted by molar-refractivity contribution is 6.17. The number of alkyl halides is 1. The molecule has 176 valence electrons. The smallest absolute Gasteiger partial charge is 0.0220 e. The Morgan fingerprint density at radius 3 is 1.21 bits per heavy atom. The van der Waals surface area contributed by atoms with Gasteiger partial charge in [-0.05, 0) is 52.1 Å². The lowest BCUT2D eigenvalue weighted by atomic mass is 10.1. The Morgan fingerprint density at radius 1 is 0.517 bits per heavy atom. The molecule has 0 aliphatic rings. The van der Waals surface area contributed by atoms with Gasteiger partial charge >= 0.3 is 0 Å². The minimum Gasteiger partial charge on any atom is -0.320 e. The molecular weight excluding hydrogens is 374 g/mol. The Morgan fingerprint density at radius 2 is 0.862 bits per heavy atom. The molecule has 0 saturated heterocycles. The summed E-state index contributed by atoms with van der Waals surface area (Å²) in [5, 5.41) is 3.22. The summed E-state index contributed by atoms with van der Waals surface area (Å²) >= 11 is 5.19. The zero-order valence-electron chi connectivity index (χ0n) is 20.6. The highest BCUT2D eigenvalue weighted by Gasteiger charge is 1.93. The molecule has 0 amide bonds. The van der Waals surface area contributed by atoms with Crippen LogP contribution in [-0.4, -0.2) is 19.5 Å². The van der Waals surface area contributed by atoms with Crippen molar-refractivity contribution in [2.24, 2.45) is 0 Å². The van der Waals surface area contributed by atoms with E-state index in [1.54, 1.807) is 0 Å². The van der Waals surface area contributed by atoms with Gasteiger partial charge in [0, 0.05) is 5.88 Å². The molecule has 1 N–H and O–H groups in total. The largest absolute Gasteiger partial charge is 0.320 e. The molecule has 1 nitrogen and oxygen atoms in total. The maximum atomic E-state index is 5.19. The SMILES string of the molecule is CCCCCCCCC/C=C\CCCCCCCCCCCCNC.CCCCl. The molecule has 0 aromatic rings. The van der Waals surface area contributed by atoms with Crippen molar-refractivity contribution in [3.8, 4) is 0 Å². The van der Waals surface area contributed by atoms with Crippen molar-refractivity contribution in [2.75, 3.05) is 19.5 Å². The summed E-state index contributed by atoms with van der Waals surface area (Å²) in [6, 6.07) is 0. The van der Waals surface area contributed by atoms with Crippen molar-refractivity contribution in [1.29, 1.82) is 0 Å². The first-order chi connectivity index (χ1) is 14.3. The minimum atomic E-state index is 0.792. The fourth-order valence-corrected chi connectivity index (χ4v) is 3.43. The van der Waals surface area contributed by atoms with E-state index >= 15 is 0 Å². The second-order valence-electron chi connectivity index (χ2n) is 8.50. The van der Waals surface area contributed by atoms with Crippen molar-refractivity contribution < 1.29 is 0 Å². The third-order valence-electron chi connectivity index (χ3n) is 5.38. The quantitative estimate of drug-likeness (QED) is 0.102. The van der Waals surface area contributed by atoms with E-state index in [0.29, 0.717) is 0 Å². The summed E-state index contributed by atoms with van der Waals surface area (Å²) < 4.78 is 0. The Bertz CT molecular complexity index is 276. The molecule has 0 aromatic carbocycles. The molecule has 0 rings (SSSR count). The molecule has 0 spiro atoms. The lowest BCUT2D eigenvalue weighted by molar-refractivity contribution is 0.548. The van der Waals surface area contributed by atoms with Gasteiger partial charge in [0.1, 0.15) is 0 Å². The molecular formula is C27H56ClN. The predicted octanol–water partition coefficient (Wildman–Crippen LogP) is 9.83. The number of unbranched alkanes of at least 4 members (excludes halogenated alkanes) is 17. The molecule has 0 aromatic heterocycles. The third-order valence-corrected chi connectivity index (χ3v) is 5.76. The maximum absolute atomic E-state index is 5.19. The van der Waals surface area contributed by atoms with Gasteiger partial charge in [0.15, 0.2) is 0 Å². The Balaban J connectivity index is 0. The van der Waals surface area contributed by atoms with Gasteiger partial charge in [-0.1, -0.05) is 116 Å². The van der Waals surface area contributed by atoms with Gasteiger partial charge in [-0.3, -0.25) is 0 Å². The third kappa shape index (κ3) is 35.8. The molecule has 0 aliphatic heterocycles. The summed E-state index contributed by atoms with van der Waals surface area (Å²) in [6.07, 6.45) is 32.8. The van der Waals surface area contributed by atoms with Crippen LogP contribution in [0.2, 0.25) is 0 Å². The van der Waals surface area contributed by atoms with Crippen LogP contribution in [0, 0.1) is 0 Å². The summed E-state index contributed by atoms with van der Waals surface area (Å²) in [7, 11) is 2.05. The Kier molecular flexibility index (Phi) is 35.1. The van der Waals surface area contributed by atoms with Crippen LogP contribution in [0.15, 0.2) is 12.2 Å². The predicted molar refractivity (Wildman–Crippen MR) is 137 cm³/mol. The summed E-state index contributed by atoms with van der Waals surface area (Å²) in [6.45, 7) is 5.53. The van der Waals surface area contributed by atoms with E-state index in [0.717, 1.165) is 12.3 Å². The molecule has 0 aliphatic carbocycles. The fourth-order valence-electron chi connectivity index (χ4n) is 3.43. The fraction of sp³-hybridized carbons (Fsp3) is 0.926. The van der Waals surface area contributed by atoms with Gasteiger partial charge in [0.05, 0.1) is 0 Å². The minimum absolute atomic E-state index is 0.792. The molecule has 29 heavy (non-hydrogen) atoms. The molecule has 0 fully saturated rings. The normalized spacial score (nSPS) is 11.0. The van der Waals surface area contributed by atoms with Crippen LogP contribution in [0.4, 0.5) is 0 Å². The number of hydrogen-bond donors (Lipinski definition) is 1. The summed E-state index contributed by atoms with van der Waals surface area (Å²) in [5.41, 5.74) is 0. The second kappa shape index (κ2) is 32.6.